The Bertz CT molecular complexity index is 299. The number of benzene rings is 1. The van der Waals surface area contributed by atoms with Gasteiger partial charge in [-0.3, -0.25) is 4.79 Å². The van der Waals surface area contributed by atoms with Gasteiger partial charge >= 0.3 is 5.97 Å². The van der Waals surface area contributed by atoms with Crippen molar-refractivity contribution in [1.29, 1.82) is 0 Å². The fraction of sp³-hybridized carbons (Fsp3) is 0.417. The van der Waals surface area contributed by atoms with Crippen molar-refractivity contribution in [2.24, 2.45) is 0 Å². The highest BCUT2D eigenvalue weighted by Gasteiger charge is 2.51. The van der Waals surface area contributed by atoms with Crippen molar-refractivity contribution < 1.29 is 9.90 Å². The molecule has 0 amide bonds. The third-order valence-corrected chi connectivity index (χ3v) is 2.49. The lowest BCUT2D eigenvalue weighted by atomic mass is 9.97. The molecular weight excluding hydrogens is 176 g/mol. The van der Waals surface area contributed by atoms with Gasteiger partial charge < -0.3 is 5.11 Å². The molecule has 1 N–H and O–H groups in total. The lowest BCUT2D eigenvalue weighted by Crippen LogP contribution is -2.19. The van der Waals surface area contributed by atoms with Crippen LogP contribution in [0.1, 0.15) is 32.3 Å². The normalized spacial score (nSPS) is 16.4. The van der Waals surface area contributed by atoms with E-state index < -0.39 is 11.4 Å². The minimum absolute atomic E-state index is 0.540. The van der Waals surface area contributed by atoms with E-state index in [-0.39, 0.29) is 0 Å². The number of carbonyl (C=O) groups is 1. The van der Waals surface area contributed by atoms with Crippen molar-refractivity contribution in [3.63, 3.8) is 0 Å². The van der Waals surface area contributed by atoms with Crippen LogP contribution in [-0.4, -0.2) is 11.1 Å². The maximum atomic E-state index is 10.9. The van der Waals surface area contributed by atoms with Gasteiger partial charge in [-0.2, -0.15) is 0 Å². The van der Waals surface area contributed by atoms with Crippen LogP contribution in [0.15, 0.2) is 30.3 Å². The first kappa shape index (κ1) is 10.8. The van der Waals surface area contributed by atoms with Crippen LogP contribution in [0.4, 0.5) is 0 Å². The Labute approximate surface area is 84.6 Å². The van der Waals surface area contributed by atoms with Gasteiger partial charge in [0, 0.05) is 0 Å². The number of rotatable bonds is 2. The summed E-state index contributed by atoms with van der Waals surface area (Å²) in [7, 11) is 0. The zero-order valence-electron chi connectivity index (χ0n) is 8.66. The van der Waals surface area contributed by atoms with Crippen molar-refractivity contribution >= 4 is 5.97 Å². The Hall–Kier alpha value is -1.31. The zero-order valence-corrected chi connectivity index (χ0v) is 8.66. The second kappa shape index (κ2) is 4.27. The number of hydrogen-bond acceptors (Lipinski definition) is 1. The molecule has 1 fully saturated rings. The third-order valence-electron chi connectivity index (χ3n) is 2.49. The molecule has 0 aromatic heterocycles. The average molecular weight is 192 g/mol. The highest BCUT2D eigenvalue weighted by atomic mass is 16.4. The van der Waals surface area contributed by atoms with Gasteiger partial charge in [0.05, 0.1) is 5.41 Å². The molecule has 0 bridgehead atoms. The highest BCUT2D eigenvalue weighted by molar-refractivity contribution is 5.84. The van der Waals surface area contributed by atoms with Crippen molar-refractivity contribution in [3.8, 4) is 0 Å². The van der Waals surface area contributed by atoms with Gasteiger partial charge in [0.25, 0.3) is 0 Å². The standard InChI is InChI=1S/C10H10O2.C2H6/c11-9(12)10(6-7-10)8-4-2-1-3-5-8;1-2/h1-5H,6-7H2,(H,11,12);1-2H3. The van der Waals surface area contributed by atoms with E-state index in [2.05, 4.69) is 0 Å². The van der Waals surface area contributed by atoms with Gasteiger partial charge in [-0.25, -0.2) is 0 Å². The average Bonchev–Trinajstić information content (AvgIpc) is 3.03. The fourth-order valence-corrected chi connectivity index (χ4v) is 1.51. The Morgan fingerprint density at radius 2 is 1.71 bits per heavy atom. The lowest BCUT2D eigenvalue weighted by Gasteiger charge is -2.08. The van der Waals surface area contributed by atoms with E-state index in [4.69, 9.17) is 5.11 Å². The minimum atomic E-state index is -0.686. The summed E-state index contributed by atoms with van der Waals surface area (Å²) < 4.78 is 0. The van der Waals surface area contributed by atoms with Crippen molar-refractivity contribution in [2.45, 2.75) is 32.1 Å². The van der Waals surface area contributed by atoms with E-state index in [0.29, 0.717) is 0 Å². The van der Waals surface area contributed by atoms with Gasteiger partial charge in [-0.05, 0) is 18.4 Å². The van der Waals surface area contributed by atoms with Crippen LogP contribution in [0.3, 0.4) is 0 Å². The van der Waals surface area contributed by atoms with Crippen LogP contribution in [0.25, 0.3) is 0 Å². The topological polar surface area (TPSA) is 37.3 Å². The molecule has 0 aliphatic heterocycles. The number of aliphatic carboxylic acids is 1. The highest BCUT2D eigenvalue weighted by Crippen LogP contribution is 2.48. The Morgan fingerprint density at radius 3 is 2.07 bits per heavy atom. The largest absolute Gasteiger partial charge is 0.481 e. The maximum Gasteiger partial charge on any atom is 0.314 e. The van der Waals surface area contributed by atoms with Crippen LogP contribution >= 0.6 is 0 Å². The SMILES string of the molecule is CC.O=C(O)C1(c2ccccc2)CC1. The zero-order chi connectivity index (χ0) is 10.6. The summed E-state index contributed by atoms with van der Waals surface area (Å²) in [6.07, 6.45) is 1.57. The first-order valence-corrected chi connectivity index (χ1v) is 5.05. The van der Waals surface area contributed by atoms with E-state index in [1.807, 2.05) is 44.2 Å². The number of hydrogen-bond donors (Lipinski definition) is 1. The summed E-state index contributed by atoms with van der Waals surface area (Å²) in [4.78, 5) is 10.9. The van der Waals surface area contributed by atoms with E-state index in [1.165, 1.54) is 0 Å². The van der Waals surface area contributed by atoms with Crippen LogP contribution in [0, 0.1) is 0 Å². The second-order valence-electron chi connectivity index (χ2n) is 3.25. The molecule has 1 aliphatic rings. The first-order valence-electron chi connectivity index (χ1n) is 5.05. The molecule has 2 rings (SSSR count). The molecule has 14 heavy (non-hydrogen) atoms. The summed E-state index contributed by atoms with van der Waals surface area (Å²) in [5.74, 6) is -0.686. The summed E-state index contributed by atoms with van der Waals surface area (Å²) >= 11 is 0. The molecule has 2 nitrogen and oxygen atoms in total. The first-order chi connectivity index (χ1) is 6.76. The molecule has 2 heteroatoms. The molecular formula is C12H16O2. The third kappa shape index (κ3) is 1.79. The van der Waals surface area contributed by atoms with E-state index in [0.717, 1.165) is 18.4 Å². The molecule has 1 aromatic carbocycles. The van der Waals surface area contributed by atoms with Crippen molar-refractivity contribution in [3.05, 3.63) is 35.9 Å². The molecule has 76 valence electrons. The predicted octanol–water partition coefficient (Wildman–Crippen LogP) is 2.83. The van der Waals surface area contributed by atoms with Crippen molar-refractivity contribution in [1.82, 2.24) is 0 Å². The molecule has 0 heterocycles. The lowest BCUT2D eigenvalue weighted by molar-refractivity contribution is -0.140. The number of carboxylic acids is 1. The molecule has 0 atom stereocenters. The molecule has 0 radical (unpaired) electrons. The minimum Gasteiger partial charge on any atom is -0.481 e. The Morgan fingerprint density at radius 1 is 1.21 bits per heavy atom. The summed E-state index contributed by atoms with van der Waals surface area (Å²) in [6, 6.07) is 9.46. The molecule has 0 unspecified atom stereocenters. The smallest absolute Gasteiger partial charge is 0.314 e. The molecule has 1 aliphatic carbocycles. The van der Waals surface area contributed by atoms with E-state index in [1.54, 1.807) is 0 Å². The quantitative estimate of drug-likeness (QED) is 0.782. The van der Waals surface area contributed by atoms with E-state index >= 15 is 0 Å². The van der Waals surface area contributed by atoms with Crippen LogP contribution in [0.2, 0.25) is 0 Å². The summed E-state index contributed by atoms with van der Waals surface area (Å²) in [5.41, 5.74) is 0.402. The van der Waals surface area contributed by atoms with E-state index in [9.17, 15) is 4.79 Å². The number of carboxylic acid groups (broad SMARTS) is 1. The predicted molar refractivity (Wildman–Crippen MR) is 56.3 cm³/mol. The van der Waals surface area contributed by atoms with Gasteiger partial charge in [0.1, 0.15) is 0 Å². The Balaban J connectivity index is 0.000000461. The van der Waals surface area contributed by atoms with Crippen LogP contribution < -0.4 is 0 Å². The fourth-order valence-electron chi connectivity index (χ4n) is 1.51. The summed E-state index contributed by atoms with van der Waals surface area (Å²) in [5, 5.41) is 8.96. The molecule has 1 saturated carbocycles. The van der Waals surface area contributed by atoms with Gasteiger partial charge in [0.15, 0.2) is 0 Å². The van der Waals surface area contributed by atoms with Gasteiger partial charge in [-0.15, -0.1) is 0 Å². The van der Waals surface area contributed by atoms with Gasteiger partial charge in [-0.1, -0.05) is 44.2 Å². The summed E-state index contributed by atoms with van der Waals surface area (Å²) in [6.45, 7) is 4.00. The maximum absolute atomic E-state index is 10.9. The van der Waals surface area contributed by atoms with Crippen molar-refractivity contribution in [2.75, 3.05) is 0 Å². The van der Waals surface area contributed by atoms with Crippen LogP contribution in [-0.2, 0) is 10.2 Å². The second-order valence-corrected chi connectivity index (χ2v) is 3.25. The Kier molecular flexibility index (Phi) is 3.28. The molecule has 0 saturated heterocycles. The molecule has 1 aromatic rings. The van der Waals surface area contributed by atoms with Crippen LogP contribution in [0.5, 0.6) is 0 Å². The van der Waals surface area contributed by atoms with Gasteiger partial charge in [0.2, 0.25) is 0 Å². The molecule has 0 spiro atoms. The monoisotopic (exact) mass is 192 g/mol.